The molecule has 0 heterocycles. The first-order chi connectivity index (χ1) is 7.69. The van der Waals surface area contributed by atoms with Crippen molar-refractivity contribution in [3.05, 3.63) is 33.8 Å². The van der Waals surface area contributed by atoms with Crippen LogP contribution >= 0.6 is 23.2 Å². The van der Waals surface area contributed by atoms with Crippen LogP contribution in [0.25, 0.3) is 0 Å². The predicted octanol–water partition coefficient (Wildman–Crippen LogP) is 4.06. The molecule has 1 rings (SSSR count). The minimum absolute atomic E-state index is 0.281. The second kappa shape index (κ2) is 6.81. The molecule has 86 valence electrons. The predicted molar refractivity (Wildman–Crippen MR) is 70.9 cm³/mol. The van der Waals surface area contributed by atoms with E-state index in [1.165, 1.54) is 0 Å². The summed E-state index contributed by atoms with van der Waals surface area (Å²) in [6.45, 7) is 0. The van der Waals surface area contributed by atoms with Crippen LogP contribution in [0, 0.1) is 12.3 Å². The van der Waals surface area contributed by atoms with Gasteiger partial charge in [-0.3, -0.25) is 0 Å². The highest BCUT2D eigenvalue weighted by Gasteiger charge is 2.10. The van der Waals surface area contributed by atoms with Gasteiger partial charge in [0.05, 0.1) is 10.0 Å². The Morgan fingerprint density at radius 3 is 2.69 bits per heavy atom. The fraction of sp³-hybridized carbons (Fsp3) is 0.385. The van der Waals surface area contributed by atoms with Crippen molar-refractivity contribution >= 4 is 23.2 Å². The highest BCUT2D eigenvalue weighted by Crippen LogP contribution is 2.27. The Morgan fingerprint density at radius 2 is 2.12 bits per heavy atom. The van der Waals surface area contributed by atoms with Gasteiger partial charge in [-0.05, 0) is 37.6 Å². The summed E-state index contributed by atoms with van der Waals surface area (Å²) >= 11 is 11.9. The van der Waals surface area contributed by atoms with Crippen LogP contribution in [-0.2, 0) is 0 Å². The molecule has 1 aromatic carbocycles. The van der Waals surface area contributed by atoms with E-state index >= 15 is 0 Å². The minimum Gasteiger partial charge on any atom is -0.313 e. The van der Waals surface area contributed by atoms with E-state index in [1.54, 1.807) is 0 Å². The molecule has 1 atom stereocenters. The second-order valence-corrected chi connectivity index (χ2v) is 4.43. The van der Waals surface area contributed by atoms with Gasteiger partial charge in [-0.2, -0.15) is 0 Å². The minimum atomic E-state index is 0.281. The van der Waals surface area contributed by atoms with E-state index in [9.17, 15) is 0 Å². The normalized spacial score (nSPS) is 12.1. The number of nitrogens with one attached hydrogen (secondary N) is 1. The van der Waals surface area contributed by atoms with E-state index in [2.05, 4.69) is 11.2 Å². The lowest BCUT2D eigenvalue weighted by atomic mass is 10.0. The van der Waals surface area contributed by atoms with Crippen molar-refractivity contribution < 1.29 is 0 Å². The molecule has 1 N–H and O–H groups in total. The van der Waals surface area contributed by atoms with Crippen LogP contribution in [0.1, 0.15) is 30.9 Å². The standard InChI is InChI=1S/C13H15Cl2N/c1-3-4-5-6-13(16-2)10-7-8-11(14)12(15)9-10/h1,7-9,13,16H,4-6H2,2H3. The molecule has 1 nitrogen and oxygen atoms in total. The highest BCUT2D eigenvalue weighted by molar-refractivity contribution is 6.42. The molecule has 0 bridgehead atoms. The number of halogens is 2. The van der Waals surface area contributed by atoms with E-state index < -0.39 is 0 Å². The molecule has 0 aliphatic carbocycles. The van der Waals surface area contributed by atoms with E-state index in [0.717, 1.165) is 24.8 Å². The first-order valence-corrected chi connectivity index (χ1v) is 6.00. The number of benzene rings is 1. The lowest BCUT2D eigenvalue weighted by Gasteiger charge is -2.16. The van der Waals surface area contributed by atoms with Crippen molar-refractivity contribution in [2.24, 2.45) is 0 Å². The van der Waals surface area contributed by atoms with Crippen molar-refractivity contribution in [1.29, 1.82) is 0 Å². The van der Waals surface area contributed by atoms with Crippen molar-refractivity contribution in [3.8, 4) is 12.3 Å². The van der Waals surface area contributed by atoms with Crippen LogP contribution in [0.3, 0.4) is 0 Å². The Labute approximate surface area is 107 Å². The van der Waals surface area contributed by atoms with E-state index in [4.69, 9.17) is 29.6 Å². The van der Waals surface area contributed by atoms with Gasteiger partial charge in [0.25, 0.3) is 0 Å². The zero-order chi connectivity index (χ0) is 12.0. The summed E-state index contributed by atoms with van der Waals surface area (Å²) < 4.78 is 0. The average Bonchev–Trinajstić information content (AvgIpc) is 2.29. The summed E-state index contributed by atoms with van der Waals surface area (Å²) in [5.74, 6) is 2.64. The van der Waals surface area contributed by atoms with Crippen molar-refractivity contribution in [2.45, 2.75) is 25.3 Å². The number of hydrogen-bond acceptors (Lipinski definition) is 1. The molecular formula is C13H15Cl2N. The molecule has 0 spiro atoms. The summed E-state index contributed by atoms with van der Waals surface area (Å²) in [4.78, 5) is 0. The summed E-state index contributed by atoms with van der Waals surface area (Å²) in [6, 6.07) is 6.00. The van der Waals surface area contributed by atoms with Crippen LogP contribution in [0.4, 0.5) is 0 Å². The molecule has 0 saturated carbocycles. The van der Waals surface area contributed by atoms with Crippen LogP contribution < -0.4 is 5.32 Å². The van der Waals surface area contributed by atoms with Gasteiger partial charge in [0.2, 0.25) is 0 Å². The Kier molecular flexibility index (Phi) is 5.69. The van der Waals surface area contributed by atoms with Gasteiger partial charge >= 0.3 is 0 Å². The van der Waals surface area contributed by atoms with Gasteiger partial charge in [0.15, 0.2) is 0 Å². The van der Waals surface area contributed by atoms with Crippen LogP contribution in [0.15, 0.2) is 18.2 Å². The van der Waals surface area contributed by atoms with Gasteiger partial charge in [0.1, 0.15) is 0 Å². The SMILES string of the molecule is C#CCCCC(NC)c1ccc(Cl)c(Cl)c1. The fourth-order valence-corrected chi connectivity index (χ4v) is 1.92. The van der Waals surface area contributed by atoms with E-state index in [1.807, 2.05) is 25.2 Å². The topological polar surface area (TPSA) is 12.0 Å². The van der Waals surface area contributed by atoms with E-state index in [0.29, 0.717) is 10.0 Å². The molecular weight excluding hydrogens is 241 g/mol. The third-order valence-electron chi connectivity index (χ3n) is 2.51. The first kappa shape index (κ1) is 13.4. The Balaban J connectivity index is 2.71. The van der Waals surface area contributed by atoms with Gasteiger partial charge in [-0.1, -0.05) is 29.3 Å². The largest absolute Gasteiger partial charge is 0.313 e. The number of hydrogen-bond donors (Lipinski definition) is 1. The van der Waals surface area contributed by atoms with E-state index in [-0.39, 0.29) is 6.04 Å². The summed E-state index contributed by atoms with van der Waals surface area (Å²) in [7, 11) is 1.93. The molecule has 1 unspecified atom stereocenters. The van der Waals surface area contributed by atoms with Crippen molar-refractivity contribution in [3.63, 3.8) is 0 Å². The number of unbranched alkanes of at least 4 members (excludes halogenated alkanes) is 1. The van der Waals surface area contributed by atoms with Crippen LogP contribution in [0.5, 0.6) is 0 Å². The van der Waals surface area contributed by atoms with Crippen LogP contribution in [0.2, 0.25) is 10.0 Å². The Hall–Kier alpha value is -0.680. The lowest BCUT2D eigenvalue weighted by Crippen LogP contribution is -2.16. The third kappa shape index (κ3) is 3.72. The quantitative estimate of drug-likeness (QED) is 0.618. The number of rotatable bonds is 5. The van der Waals surface area contributed by atoms with Crippen LogP contribution in [-0.4, -0.2) is 7.05 Å². The monoisotopic (exact) mass is 255 g/mol. The van der Waals surface area contributed by atoms with Gasteiger partial charge in [0, 0.05) is 12.5 Å². The molecule has 0 saturated heterocycles. The molecule has 0 amide bonds. The number of terminal acetylenes is 1. The highest BCUT2D eigenvalue weighted by atomic mass is 35.5. The zero-order valence-electron chi connectivity index (χ0n) is 9.26. The molecule has 1 aromatic rings. The maximum atomic E-state index is 5.98. The van der Waals surface area contributed by atoms with Gasteiger partial charge < -0.3 is 5.32 Å². The maximum absolute atomic E-state index is 5.98. The smallest absolute Gasteiger partial charge is 0.0595 e. The first-order valence-electron chi connectivity index (χ1n) is 5.24. The second-order valence-electron chi connectivity index (χ2n) is 3.61. The summed E-state index contributed by atoms with van der Waals surface area (Å²) in [5.41, 5.74) is 1.15. The summed E-state index contributed by atoms with van der Waals surface area (Å²) in [5, 5.41) is 4.43. The van der Waals surface area contributed by atoms with Crippen molar-refractivity contribution in [2.75, 3.05) is 7.05 Å². The fourth-order valence-electron chi connectivity index (χ4n) is 1.62. The molecule has 0 aliphatic rings. The molecule has 0 aromatic heterocycles. The third-order valence-corrected chi connectivity index (χ3v) is 3.25. The molecule has 0 fully saturated rings. The molecule has 0 radical (unpaired) electrons. The molecule has 0 aliphatic heterocycles. The molecule has 3 heteroatoms. The van der Waals surface area contributed by atoms with Gasteiger partial charge in [-0.15, -0.1) is 12.3 Å². The summed E-state index contributed by atoms with van der Waals surface area (Å²) in [6.07, 6.45) is 8.04. The lowest BCUT2D eigenvalue weighted by molar-refractivity contribution is 0.532. The maximum Gasteiger partial charge on any atom is 0.0595 e. The Bertz CT molecular complexity index is 382. The zero-order valence-corrected chi connectivity index (χ0v) is 10.8. The Morgan fingerprint density at radius 1 is 1.38 bits per heavy atom. The van der Waals surface area contributed by atoms with Crippen molar-refractivity contribution in [1.82, 2.24) is 5.32 Å². The van der Waals surface area contributed by atoms with Gasteiger partial charge in [-0.25, -0.2) is 0 Å². The molecule has 16 heavy (non-hydrogen) atoms. The average molecular weight is 256 g/mol.